The van der Waals surface area contributed by atoms with E-state index in [4.69, 9.17) is 5.73 Å². The van der Waals surface area contributed by atoms with E-state index in [9.17, 15) is 4.39 Å². The summed E-state index contributed by atoms with van der Waals surface area (Å²) in [5.41, 5.74) is 7.02. The fourth-order valence-corrected chi connectivity index (χ4v) is 1.65. The molecule has 0 aliphatic carbocycles. The smallest absolute Gasteiger partial charge is 0.132 e. The molecule has 0 saturated carbocycles. The summed E-state index contributed by atoms with van der Waals surface area (Å²) in [4.78, 5) is 3.02. The highest BCUT2D eigenvalue weighted by molar-refractivity contribution is 5.84. The van der Waals surface area contributed by atoms with Crippen LogP contribution in [0.4, 0.5) is 4.39 Å². The molecule has 0 bridgehead atoms. The van der Waals surface area contributed by atoms with Crippen LogP contribution in [0.2, 0.25) is 0 Å². The zero-order valence-corrected chi connectivity index (χ0v) is 8.26. The molecule has 14 heavy (non-hydrogen) atoms. The number of hydrogen-bond donors (Lipinski definition) is 2. The van der Waals surface area contributed by atoms with Crippen molar-refractivity contribution in [3.63, 3.8) is 0 Å². The third-order valence-corrected chi connectivity index (χ3v) is 2.35. The lowest BCUT2D eigenvalue weighted by molar-refractivity contribution is 0.555. The summed E-state index contributed by atoms with van der Waals surface area (Å²) in [5, 5.41) is 0.597. The molecule has 2 aromatic rings. The summed E-state index contributed by atoms with van der Waals surface area (Å²) in [6, 6.07) is 4.97. The lowest BCUT2D eigenvalue weighted by atomic mass is 9.95. The molecule has 2 nitrogen and oxygen atoms in total. The van der Waals surface area contributed by atoms with E-state index in [0.29, 0.717) is 5.39 Å². The second-order valence-corrected chi connectivity index (χ2v) is 4.09. The molecule has 1 aromatic heterocycles. The highest BCUT2D eigenvalue weighted by Gasteiger charge is 2.20. The maximum absolute atomic E-state index is 13.5. The molecule has 74 valence electrons. The molecule has 1 aromatic carbocycles. The second kappa shape index (κ2) is 2.82. The van der Waals surface area contributed by atoms with Gasteiger partial charge in [-0.2, -0.15) is 0 Å². The van der Waals surface area contributed by atoms with Crippen molar-refractivity contribution < 1.29 is 4.39 Å². The Bertz CT molecular complexity index is 466. The molecule has 2 rings (SSSR count). The van der Waals surface area contributed by atoms with Crippen molar-refractivity contribution in [1.29, 1.82) is 0 Å². The number of H-pyrrole nitrogens is 1. The summed E-state index contributed by atoms with van der Waals surface area (Å²) < 4.78 is 13.5. The molecule has 0 aliphatic rings. The highest BCUT2D eigenvalue weighted by atomic mass is 19.1. The Balaban J connectivity index is 2.80. The number of nitrogens with one attached hydrogen (secondary N) is 1. The van der Waals surface area contributed by atoms with Gasteiger partial charge in [0, 0.05) is 22.6 Å². The van der Waals surface area contributed by atoms with Gasteiger partial charge in [-0.25, -0.2) is 4.39 Å². The van der Waals surface area contributed by atoms with Crippen molar-refractivity contribution in [2.45, 2.75) is 19.4 Å². The third-order valence-electron chi connectivity index (χ3n) is 2.35. The van der Waals surface area contributed by atoms with Gasteiger partial charge in [-0.1, -0.05) is 6.07 Å². The number of nitrogens with two attached hydrogens (primary N) is 1. The lowest BCUT2D eigenvalue weighted by Gasteiger charge is -2.17. The van der Waals surface area contributed by atoms with Crippen molar-refractivity contribution in [1.82, 2.24) is 4.98 Å². The molecule has 0 aliphatic heterocycles. The van der Waals surface area contributed by atoms with E-state index in [1.807, 2.05) is 19.9 Å². The highest BCUT2D eigenvalue weighted by Crippen LogP contribution is 2.28. The summed E-state index contributed by atoms with van der Waals surface area (Å²) >= 11 is 0. The van der Waals surface area contributed by atoms with Gasteiger partial charge in [-0.15, -0.1) is 0 Å². The van der Waals surface area contributed by atoms with Gasteiger partial charge < -0.3 is 10.7 Å². The summed E-state index contributed by atoms with van der Waals surface area (Å²) in [6.45, 7) is 3.73. The van der Waals surface area contributed by atoms with Crippen LogP contribution in [-0.4, -0.2) is 4.98 Å². The maximum atomic E-state index is 13.5. The fourth-order valence-electron chi connectivity index (χ4n) is 1.65. The normalized spacial score (nSPS) is 12.3. The van der Waals surface area contributed by atoms with Crippen molar-refractivity contribution in [2.24, 2.45) is 5.73 Å². The van der Waals surface area contributed by atoms with Crippen molar-refractivity contribution >= 4 is 10.9 Å². The predicted octanol–water partition coefficient (Wildman–Crippen LogP) is 2.50. The Morgan fingerprint density at radius 1 is 1.36 bits per heavy atom. The van der Waals surface area contributed by atoms with Crippen molar-refractivity contribution in [3.05, 3.63) is 35.8 Å². The van der Waals surface area contributed by atoms with E-state index >= 15 is 0 Å². The molecule has 0 saturated heterocycles. The van der Waals surface area contributed by atoms with Crippen molar-refractivity contribution in [2.75, 3.05) is 0 Å². The Morgan fingerprint density at radius 2 is 2.07 bits per heavy atom. The Kier molecular flexibility index (Phi) is 1.86. The zero-order valence-electron chi connectivity index (χ0n) is 8.26. The minimum Gasteiger partial charge on any atom is -0.361 e. The van der Waals surface area contributed by atoms with Crippen LogP contribution in [0.5, 0.6) is 0 Å². The number of aromatic amines is 1. The fraction of sp³-hybridized carbons (Fsp3) is 0.273. The number of fused-ring (bicyclic) bond motifs is 1. The number of benzene rings is 1. The van der Waals surface area contributed by atoms with Gasteiger partial charge in [0.05, 0.1) is 0 Å². The Labute approximate surface area is 81.9 Å². The van der Waals surface area contributed by atoms with Gasteiger partial charge in [-0.05, 0) is 31.5 Å². The Hall–Kier alpha value is -1.35. The predicted molar refractivity (Wildman–Crippen MR) is 55.5 cm³/mol. The van der Waals surface area contributed by atoms with Crippen LogP contribution in [0.3, 0.4) is 0 Å². The number of rotatable bonds is 1. The third kappa shape index (κ3) is 1.30. The van der Waals surface area contributed by atoms with Gasteiger partial charge in [-0.3, -0.25) is 0 Å². The first-order valence-corrected chi connectivity index (χ1v) is 4.55. The lowest BCUT2D eigenvalue weighted by Crippen LogP contribution is -2.28. The molecule has 0 amide bonds. The summed E-state index contributed by atoms with van der Waals surface area (Å²) in [7, 11) is 0. The SMILES string of the molecule is CC(C)(N)c1c[nH]c2cccc(F)c12. The van der Waals surface area contributed by atoms with Crippen LogP contribution in [0, 0.1) is 5.82 Å². The minimum atomic E-state index is -0.527. The number of halogens is 1. The summed E-state index contributed by atoms with van der Waals surface area (Å²) in [5.74, 6) is -0.225. The van der Waals surface area contributed by atoms with Gasteiger partial charge in [0.1, 0.15) is 5.82 Å². The van der Waals surface area contributed by atoms with Gasteiger partial charge in [0.15, 0.2) is 0 Å². The monoisotopic (exact) mass is 192 g/mol. The molecule has 3 heteroatoms. The molecular formula is C11H13FN2. The number of hydrogen-bond acceptors (Lipinski definition) is 1. The summed E-state index contributed by atoms with van der Waals surface area (Å²) in [6.07, 6.45) is 1.77. The molecule has 0 atom stereocenters. The van der Waals surface area contributed by atoms with Gasteiger partial charge in [0.2, 0.25) is 0 Å². The van der Waals surface area contributed by atoms with Crippen LogP contribution in [0.1, 0.15) is 19.4 Å². The first kappa shape index (κ1) is 9.21. The first-order chi connectivity index (χ1) is 6.50. The van der Waals surface area contributed by atoms with Crippen LogP contribution in [0.25, 0.3) is 10.9 Å². The Morgan fingerprint density at radius 3 is 2.71 bits per heavy atom. The molecule has 3 N–H and O–H groups in total. The van der Waals surface area contributed by atoms with Crippen molar-refractivity contribution in [3.8, 4) is 0 Å². The maximum Gasteiger partial charge on any atom is 0.132 e. The average molecular weight is 192 g/mol. The van der Waals surface area contributed by atoms with Crippen LogP contribution in [-0.2, 0) is 5.54 Å². The molecular weight excluding hydrogens is 179 g/mol. The molecule has 0 spiro atoms. The topological polar surface area (TPSA) is 41.8 Å². The molecule has 1 heterocycles. The van der Waals surface area contributed by atoms with E-state index in [1.54, 1.807) is 12.3 Å². The van der Waals surface area contributed by atoms with E-state index in [1.165, 1.54) is 6.07 Å². The second-order valence-electron chi connectivity index (χ2n) is 4.09. The van der Waals surface area contributed by atoms with E-state index in [2.05, 4.69) is 4.98 Å². The quantitative estimate of drug-likeness (QED) is 0.716. The molecule has 0 radical (unpaired) electrons. The standard InChI is InChI=1S/C11H13FN2/c1-11(2,13)7-6-14-9-5-3-4-8(12)10(7)9/h3-6,14H,13H2,1-2H3. The van der Waals surface area contributed by atoms with E-state index in [0.717, 1.165) is 11.1 Å². The zero-order chi connectivity index (χ0) is 10.3. The van der Waals surface area contributed by atoms with E-state index < -0.39 is 5.54 Å². The van der Waals surface area contributed by atoms with E-state index in [-0.39, 0.29) is 5.82 Å². The van der Waals surface area contributed by atoms with Crippen LogP contribution in [0.15, 0.2) is 24.4 Å². The minimum absolute atomic E-state index is 0.225. The van der Waals surface area contributed by atoms with Gasteiger partial charge in [0.25, 0.3) is 0 Å². The van der Waals surface area contributed by atoms with Gasteiger partial charge >= 0.3 is 0 Å². The average Bonchev–Trinajstić information content (AvgIpc) is 2.47. The largest absolute Gasteiger partial charge is 0.361 e. The molecule has 0 fully saturated rings. The molecule has 0 unspecified atom stereocenters. The number of aromatic nitrogens is 1. The van der Waals surface area contributed by atoms with Crippen LogP contribution < -0.4 is 5.73 Å². The van der Waals surface area contributed by atoms with Crippen LogP contribution >= 0.6 is 0 Å². The first-order valence-electron chi connectivity index (χ1n) is 4.55.